The Bertz CT molecular complexity index is 336. The van der Waals surface area contributed by atoms with Gasteiger partial charge in [-0.2, -0.15) is 0 Å². The molecule has 0 amide bonds. The van der Waals surface area contributed by atoms with Crippen LogP contribution in [0.25, 0.3) is 0 Å². The van der Waals surface area contributed by atoms with E-state index in [0.29, 0.717) is 0 Å². The summed E-state index contributed by atoms with van der Waals surface area (Å²) in [6.07, 6.45) is 4.92. The summed E-state index contributed by atoms with van der Waals surface area (Å²) in [5, 5.41) is 0. The molecule has 0 radical (unpaired) electrons. The summed E-state index contributed by atoms with van der Waals surface area (Å²) >= 11 is 0. The molecule has 1 aromatic rings. The van der Waals surface area contributed by atoms with Crippen LogP contribution in [-0.4, -0.2) is 4.57 Å². The van der Waals surface area contributed by atoms with Gasteiger partial charge in [-0.1, -0.05) is 5.92 Å². The molecule has 1 aromatic heterocycles. The second kappa shape index (κ2) is 2.82. The van der Waals surface area contributed by atoms with Crippen LogP contribution in [0.4, 0.5) is 0 Å². The van der Waals surface area contributed by atoms with Gasteiger partial charge in [0.05, 0.1) is 6.54 Å². The van der Waals surface area contributed by atoms with Crippen molar-refractivity contribution in [3.8, 4) is 12.3 Å². The van der Waals surface area contributed by atoms with E-state index in [-0.39, 0.29) is 16.3 Å². The molecule has 0 spiro atoms. The van der Waals surface area contributed by atoms with Crippen LogP contribution in [0, 0.1) is 12.3 Å². The first-order chi connectivity index (χ1) is 4.75. The number of hydrogen-bond acceptors (Lipinski definition) is 4. The maximum absolute atomic E-state index is 10.7. The monoisotopic (exact) mass is 173 g/mol. The minimum atomic E-state index is -0.270. The zero-order chi connectivity index (χ0) is 7.56. The van der Waals surface area contributed by atoms with Gasteiger partial charge in [0, 0.05) is 0 Å². The normalized spacial score (nSPS) is 9.10. The molecule has 5 heteroatoms. The van der Waals surface area contributed by atoms with Crippen molar-refractivity contribution in [2.45, 2.75) is 6.54 Å². The van der Waals surface area contributed by atoms with Crippen molar-refractivity contribution < 1.29 is 0 Å². The van der Waals surface area contributed by atoms with Crippen LogP contribution in [-0.2, 0) is 6.54 Å². The third-order valence-corrected chi connectivity index (χ3v) is 2.79. The lowest BCUT2D eigenvalue weighted by Gasteiger charge is -1.85. The van der Waals surface area contributed by atoms with Crippen LogP contribution in [0.15, 0.2) is 9.59 Å². The molecule has 1 rings (SSSR count). The topological polar surface area (TPSA) is 39.1 Å². The van der Waals surface area contributed by atoms with E-state index in [1.165, 1.54) is 0 Å². The molecule has 52 valence electrons. The van der Waals surface area contributed by atoms with E-state index in [2.05, 4.69) is 5.92 Å². The van der Waals surface area contributed by atoms with Crippen LogP contribution < -0.4 is 9.75 Å². The second-order valence-corrected chi connectivity index (χ2v) is 3.52. The zero-order valence-corrected chi connectivity index (χ0v) is 6.50. The lowest BCUT2D eigenvalue weighted by atomic mass is 10.7. The summed E-state index contributed by atoms with van der Waals surface area (Å²) in [5.41, 5.74) is 0. The molecule has 0 saturated carbocycles. The average molecular weight is 173 g/mol. The summed E-state index contributed by atoms with van der Waals surface area (Å²) in [6.45, 7) is 0.0810. The number of hydrogen-bond donors (Lipinski definition) is 0. The number of rotatable bonds is 1. The van der Waals surface area contributed by atoms with Crippen LogP contribution in [0.5, 0.6) is 0 Å². The van der Waals surface area contributed by atoms with Gasteiger partial charge in [0.2, 0.25) is 0 Å². The van der Waals surface area contributed by atoms with Crippen LogP contribution >= 0.6 is 20.7 Å². The van der Waals surface area contributed by atoms with Crippen molar-refractivity contribution in [1.29, 1.82) is 0 Å². The standard InChI is InChI=1S/C5H3NO2S2/c1-2-3-6-4(7)9-10-5(6)8/h1H,3H2. The molecule has 10 heavy (non-hydrogen) atoms. The van der Waals surface area contributed by atoms with E-state index in [1.54, 1.807) is 0 Å². The smallest absolute Gasteiger partial charge is 0.256 e. The highest BCUT2D eigenvalue weighted by Gasteiger charge is 1.99. The highest BCUT2D eigenvalue weighted by atomic mass is 32.9. The highest BCUT2D eigenvalue weighted by molar-refractivity contribution is 7.67. The lowest BCUT2D eigenvalue weighted by Crippen LogP contribution is -2.22. The molecule has 0 aliphatic rings. The minimum absolute atomic E-state index is 0.0810. The van der Waals surface area contributed by atoms with E-state index in [4.69, 9.17) is 6.42 Å². The average Bonchev–Trinajstić information content (AvgIpc) is 2.20. The van der Waals surface area contributed by atoms with Crippen molar-refractivity contribution in [3.63, 3.8) is 0 Å². The Hall–Kier alpha value is -0.860. The SMILES string of the molecule is C#CCn1c(=O)ssc1=O. The molecule has 0 unspecified atom stereocenters. The zero-order valence-electron chi connectivity index (χ0n) is 4.86. The van der Waals surface area contributed by atoms with E-state index in [9.17, 15) is 9.59 Å². The molecular weight excluding hydrogens is 170 g/mol. The van der Waals surface area contributed by atoms with Gasteiger partial charge in [-0.05, 0) is 20.7 Å². The number of nitrogens with zero attached hydrogens (tertiary/aromatic N) is 1. The summed E-state index contributed by atoms with van der Waals surface area (Å²) in [4.78, 5) is 20.9. The van der Waals surface area contributed by atoms with Crippen molar-refractivity contribution in [1.82, 2.24) is 4.57 Å². The summed E-state index contributed by atoms with van der Waals surface area (Å²) < 4.78 is 1.04. The van der Waals surface area contributed by atoms with Crippen molar-refractivity contribution >= 4 is 20.7 Å². The van der Waals surface area contributed by atoms with Crippen molar-refractivity contribution in [3.05, 3.63) is 19.3 Å². The largest absolute Gasteiger partial charge is 0.321 e. The molecule has 0 saturated heterocycles. The van der Waals surface area contributed by atoms with Gasteiger partial charge in [-0.3, -0.25) is 9.59 Å². The third kappa shape index (κ3) is 1.17. The highest BCUT2D eigenvalue weighted by Crippen LogP contribution is 1.89. The van der Waals surface area contributed by atoms with Crippen LogP contribution in [0.1, 0.15) is 0 Å². The summed E-state index contributed by atoms with van der Waals surface area (Å²) in [6, 6.07) is 0. The first-order valence-corrected chi connectivity index (χ1v) is 4.54. The van der Waals surface area contributed by atoms with Crippen LogP contribution in [0.2, 0.25) is 0 Å². The van der Waals surface area contributed by atoms with Gasteiger partial charge in [-0.15, -0.1) is 6.42 Å². The molecule has 0 fully saturated rings. The maximum atomic E-state index is 10.7. The van der Waals surface area contributed by atoms with E-state index >= 15 is 0 Å². The first kappa shape index (κ1) is 7.25. The van der Waals surface area contributed by atoms with E-state index < -0.39 is 0 Å². The Labute approximate surface area is 63.9 Å². The van der Waals surface area contributed by atoms with Gasteiger partial charge >= 0.3 is 9.75 Å². The molecule has 1 heterocycles. The van der Waals surface area contributed by atoms with Gasteiger partial charge < -0.3 is 0 Å². The predicted molar refractivity (Wildman–Crippen MR) is 41.6 cm³/mol. The predicted octanol–water partition coefficient (Wildman–Crippen LogP) is -0.0353. The Balaban J connectivity index is 3.27. The van der Waals surface area contributed by atoms with Gasteiger partial charge in [0.1, 0.15) is 0 Å². The molecule has 0 N–H and O–H groups in total. The maximum Gasteiger partial charge on any atom is 0.321 e. The van der Waals surface area contributed by atoms with Crippen molar-refractivity contribution in [2.24, 2.45) is 0 Å². The minimum Gasteiger partial charge on any atom is -0.256 e. The summed E-state index contributed by atoms with van der Waals surface area (Å²) in [7, 11) is 1.82. The molecule has 0 atom stereocenters. The Morgan fingerprint density at radius 3 is 2.30 bits per heavy atom. The molecular formula is C5H3NO2S2. The first-order valence-electron chi connectivity index (χ1n) is 2.39. The van der Waals surface area contributed by atoms with E-state index in [0.717, 1.165) is 25.2 Å². The quantitative estimate of drug-likeness (QED) is 0.441. The van der Waals surface area contributed by atoms with E-state index in [1.807, 2.05) is 0 Å². The molecule has 0 bridgehead atoms. The van der Waals surface area contributed by atoms with Crippen molar-refractivity contribution in [2.75, 3.05) is 0 Å². The fourth-order valence-electron chi connectivity index (χ4n) is 0.456. The van der Waals surface area contributed by atoms with Gasteiger partial charge in [0.25, 0.3) is 0 Å². The van der Waals surface area contributed by atoms with Gasteiger partial charge in [0.15, 0.2) is 0 Å². The Kier molecular flexibility index (Phi) is 2.04. The number of aromatic nitrogens is 1. The molecule has 0 aliphatic heterocycles. The summed E-state index contributed by atoms with van der Waals surface area (Å²) in [5.74, 6) is 2.23. The Morgan fingerprint density at radius 2 is 1.90 bits per heavy atom. The lowest BCUT2D eigenvalue weighted by molar-refractivity contribution is 0.802. The van der Waals surface area contributed by atoms with Crippen LogP contribution in [0.3, 0.4) is 0 Å². The second-order valence-electron chi connectivity index (χ2n) is 1.49. The Morgan fingerprint density at radius 1 is 1.40 bits per heavy atom. The molecule has 0 aliphatic carbocycles. The fraction of sp³-hybridized carbons (Fsp3) is 0.200. The number of terminal acetylenes is 1. The molecule has 3 nitrogen and oxygen atoms in total. The van der Waals surface area contributed by atoms with Gasteiger partial charge in [-0.25, -0.2) is 4.57 Å². The molecule has 0 aromatic carbocycles. The third-order valence-electron chi connectivity index (χ3n) is 0.874. The fourth-order valence-corrected chi connectivity index (χ4v) is 2.10.